The van der Waals surface area contributed by atoms with Crippen molar-refractivity contribution < 1.29 is 0 Å². The standard InChI is InChI=1S/C12H18N2/c1-14-9-4-2-3-6-11-7-5-8-12(13)10-11/h3,5-8,10,14H,2,4,9,13H2,1H3/b6-3+. The molecule has 0 saturated heterocycles. The summed E-state index contributed by atoms with van der Waals surface area (Å²) in [4.78, 5) is 0. The van der Waals surface area contributed by atoms with Crippen molar-refractivity contribution in [3.8, 4) is 0 Å². The zero-order valence-electron chi connectivity index (χ0n) is 8.66. The van der Waals surface area contributed by atoms with Gasteiger partial charge in [-0.15, -0.1) is 0 Å². The lowest BCUT2D eigenvalue weighted by molar-refractivity contribution is 0.736. The van der Waals surface area contributed by atoms with Crippen molar-refractivity contribution in [2.75, 3.05) is 19.3 Å². The van der Waals surface area contributed by atoms with Gasteiger partial charge in [-0.25, -0.2) is 0 Å². The second kappa shape index (κ2) is 6.22. The summed E-state index contributed by atoms with van der Waals surface area (Å²) in [5.74, 6) is 0. The molecule has 0 unspecified atom stereocenters. The molecule has 2 nitrogen and oxygen atoms in total. The molecular formula is C12H18N2. The van der Waals surface area contributed by atoms with Crippen LogP contribution in [-0.4, -0.2) is 13.6 Å². The lowest BCUT2D eigenvalue weighted by atomic mass is 10.1. The van der Waals surface area contributed by atoms with Gasteiger partial charge in [-0.3, -0.25) is 0 Å². The first-order valence-electron chi connectivity index (χ1n) is 4.99. The summed E-state index contributed by atoms with van der Waals surface area (Å²) in [6.07, 6.45) is 6.59. The Balaban J connectivity index is 2.36. The fourth-order valence-corrected chi connectivity index (χ4v) is 1.28. The molecule has 0 atom stereocenters. The summed E-state index contributed by atoms with van der Waals surface area (Å²) < 4.78 is 0. The number of allylic oxidation sites excluding steroid dienone is 1. The van der Waals surface area contributed by atoms with Gasteiger partial charge in [-0.1, -0.05) is 24.3 Å². The van der Waals surface area contributed by atoms with Gasteiger partial charge in [0.15, 0.2) is 0 Å². The number of nitrogens with two attached hydrogens (primary N) is 1. The molecule has 0 radical (unpaired) electrons. The van der Waals surface area contributed by atoms with E-state index in [1.54, 1.807) is 0 Å². The van der Waals surface area contributed by atoms with Crippen molar-refractivity contribution >= 4 is 11.8 Å². The van der Waals surface area contributed by atoms with Crippen LogP contribution in [0.1, 0.15) is 18.4 Å². The molecule has 0 saturated carbocycles. The fourth-order valence-electron chi connectivity index (χ4n) is 1.28. The van der Waals surface area contributed by atoms with Gasteiger partial charge < -0.3 is 11.1 Å². The fraction of sp³-hybridized carbons (Fsp3) is 0.333. The van der Waals surface area contributed by atoms with Gasteiger partial charge in [0, 0.05) is 5.69 Å². The molecule has 0 aliphatic carbocycles. The van der Waals surface area contributed by atoms with Gasteiger partial charge >= 0.3 is 0 Å². The van der Waals surface area contributed by atoms with E-state index in [1.165, 1.54) is 12.0 Å². The van der Waals surface area contributed by atoms with E-state index in [1.807, 2.05) is 25.2 Å². The number of hydrogen-bond acceptors (Lipinski definition) is 2. The lowest BCUT2D eigenvalue weighted by Crippen LogP contribution is -2.06. The number of nitrogens with one attached hydrogen (secondary N) is 1. The Hall–Kier alpha value is -1.28. The highest BCUT2D eigenvalue weighted by Gasteiger charge is 1.87. The Morgan fingerprint density at radius 2 is 2.29 bits per heavy atom. The van der Waals surface area contributed by atoms with E-state index in [2.05, 4.69) is 23.5 Å². The van der Waals surface area contributed by atoms with E-state index in [0.29, 0.717) is 0 Å². The third-order valence-corrected chi connectivity index (χ3v) is 2.02. The van der Waals surface area contributed by atoms with Crippen molar-refractivity contribution in [3.63, 3.8) is 0 Å². The minimum Gasteiger partial charge on any atom is -0.399 e. The Morgan fingerprint density at radius 1 is 1.43 bits per heavy atom. The molecule has 0 aromatic heterocycles. The second-order valence-electron chi connectivity index (χ2n) is 3.32. The number of anilines is 1. The molecule has 1 aromatic rings. The largest absolute Gasteiger partial charge is 0.399 e. The van der Waals surface area contributed by atoms with Crippen LogP contribution in [0, 0.1) is 0 Å². The summed E-state index contributed by atoms with van der Waals surface area (Å²) >= 11 is 0. The molecule has 0 aliphatic rings. The monoisotopic (exact) mass is 190 g/mol. The van der Waals surface area contributed by atoms with Crippen LogP contribution in [0.4, 0.5) is 5.69 Å². The molecule has 0 bridgehead atoms. The number of nitrogen functional groups attached to an aromatic ring is 1. The first-order valence-corrected chi connectivity index (χ1v) is 4.99. The Kier molecular flexibility index (Phi) is 4.79. The van der Waals surface area contributed by atoms with Gasteiger partial charge in [0.25, 0.3) is 0 Å². The van der Waals surface area contributed by atoms with Gasteiger partial charge in [-0.05, 0) is 44.1 Å². The van der Waals surface area contributed by atoms with Crippen LogP contribution >= 0.6 is 0 Å². The molecule has 2 heteroatoms. The van der Waals surface area contributed by atoms with Crippen molar-refractivity contribution in [2.45, 2.75) is 12.8 Å². The van der Waals surface area contributed by atoms with Gasteiger partial charge in [0.1, 0.15) is 0 Å². The molecule has 14 heavy (non-hydrogen) atoms. The highest BCUT2D eigenvalue weighted by atomic mass is 14.8. The summed E-state index contributed by atoms with van der Waals surface area (Å²) in [5.41, 5.74) is 7.66. The van der Waals surface area contributed by atoms with Crippen LogP contribution < -0.4 is 11.1 Å². The third kappa shape index (κ3) is 4.10. The molecule has 0 fully saturated rings. The Bertz CT molecular complexity index is 292. The topological polar surface area (TPSA) is 38.0 Å². The van der Waals surface area contributed by atoms with Crippen LogP contribution in [0.5, 0.6) is 0 Å². The van der Waals surface area contributed by atoms with Gasteiger partial charge in [-0.2, -0.15) is 0 Å². The summed E-state index contributed by atoms with van der Waals surface area (Å²) in [5, 5.41) is 3.12. The van der Waals surface area contributed by atoms with Gasteiger partial charge in [0.2, 0.25) is 0 Å². The predicted molar refractivity (Wildman–Crippen MR) is 63.0 cm³/mol. The van der Waals surface area contributed by atoms with Crippen LogP contribution in [0.25, 0.3) is 6.08 Å². The SMILES string of the molecule is CNCCC/C=C/c1cccc(N)c1. The summed E-state index contributed by atoms with van der Waals surface area (Å²) in [6, 6.07) is 7.92. The first-order chi connectivity index (χ1) is 6.83. The minimum atomic E-state index is 0.822. The maximum Gasteiger partial charge on any atom is 0.0319 e. The number of unbranched alkanes of at least 4 members (excludes halogenated alkanes) is 1. The van der Waals surface area contributed by atoms with Crippen molar-refractivity contribution in [1.29, 1.82) is 0 Å². The molecule has 3 N–H and O–H groups in total. The molecule has 1 aromatic carbocycles. The van der Waals surface area contributed by atoms with E-state index in [4.69, 9.17) is 5.73 Å². The first kappa shape index (κ1) is 10.8. The maximum atomic E-state index is 5.67. The molecule has 1 rings (SSSR count). The Labute approximate surface area is 85.8 Å². The molecule has 0 spiro atoms. The van der Waals surface area contributed by atoms with Crippen molar-refractivity contribution in [3.05, 3.63) is 35.9 Å². The summed E-state index contributed by atoms with van der Waals surface area (Å²) in [7, 11) is 1.97. The second-order valence-corrected chi connectivity index (χ2v) is 3.32. The molecule has 0 heterocycles. The predicted octanol–water partition coefficient (Wildman–Crippen LogP) is 2.28. The highest BCUT2D eigenvalue weighted by Crippen LogP contribution is 2.08. The van der Waals surface area contributed by atoms with Crippen molar-refractivity contribution in [1.82, 2.24) is 5.32 Å². The van der Waals surface area contributed by atoms with E-state index in [9.17, 15) is 0 Å². The summed E-state index contributed by atoms with van der Waals surface area (Å²) in [6.45, 7) is 1.07. The third-order valence-electron chi connectivity index (χ3n) is 2.02. The number of benzene rings is 1. The molecule has 76 valence electrons. The van der Waals surface area contributed by atoms with E-state index >= 15 is 0 Å². The average Bonchev–Trinajstić information content (AvgIpc) is 2.18. The van der Waals surface area contributed by atoms with Crippen LogP contribution in [0.2, 0.25) is 0 Å². The molecule has 0 aliphatic heterocycles. The molecule has 0 amide bonds. The quantitative estimate of drug-likeness (QED) is 0.552. The zero-order chi connectivity index (χ0) is 10.2. The van der Waals surface area contributed by atoms with E-state index in [0.717, 1.165) is 18.7 Å². The number of rotatable bonds is 5. The zero-order valence-corrected chi connectivity index (χ0v) is 8.66. The van der Waals surface area contributed by atoms with E-state index < -0.39 is 0 Å². The highest BCUT2D eigenvalue weighted by molar-refractivity contribution is 5.55. The number of hydrogen-bond donors (Lipinski definition) is 2. The Morgan fingerprint density at radius 3 is 3.00 bits per heavy atom. The molecular weight excluding hydrogens is 172 g/mol. The lowest BCUT2D eigenvalue weighted by Gasteiger charge is -1.96. The smallest absolute Gasteiger partial charge is 0.0319 e. The average molecular weight is 190 g/mol. The normalized spacial score (nSPS) is 10.9. The maximum absolute atomic E-state index is 5.67. The van der Waals surface area contributed by atoms with Crippen LogP contribution in [0.3, 0.4) is 0 Å². The van der Waals surface area contributed by atoms with Crippen molar-refractivity contribution in [2.24, 2.45) is 0 Å². The van der Waals surface area contributed by atoms with E-state index in [-0.39, 0.29) is 0 Å². The van der Waals surface area contributed by atoms with Crippen LogP contribution in [-0.2, 0) is 0 Å². The van der Waals surface area contributed by atoms with Gasteiger partial charge in [0.05, 0.1) is 0 Å². The minimum absolute atomic E-state index is 0.822. The van der Waals surface area contributed by atoms with Crippen LogP contribution in [0.15, 0.2) is 30.3 Å².